The fourth-order valence-electron chi connectivity index (χ4n) is 3.84. The number of benzene rings is 1. The monoisotopic (exact) mass is 408 g/mol. The molecule has 4 nitrogen and oxygen atoms in total. The number of aromatic nitrogens is 2. The van der Waals surface area contributed by atoms with Gasteiger partial charge >= 0.3 is 5.97 Å². The van der Waals surface area contributed by atoms with E-state index < -0.39 is 0 Å². The van der Waals surface area contributed by atoms with Crippen LogP contribution in [0, 0.1) is 18.8 Å². The molecule has 0 N–H and O–H groups in total. The molecule has 0 unspecified atom stereocenters. The fourth-order valence-corrected chi connectivity index (χ4v) is 5.24. The van der Waals surface area contributed by atoms with Crippen molar-refractivity contribution in [1.82, 2.24) is 10.2 Å². The van der Waals surface area contributed by atoms with Crippen LogP contribution in [0.2, 0.25) is 0 Å². The second-order valence-electron chi connectivity index (χ2n) is 7.39. The molecule has 0 saturated heterocycles. The molecule has 2 heterocycles. The van der Waals surface area contributed by atoms with Crippen molar-refractivity contribution in [2.24, 2.45) is 0 Å². The lowest BCUT2D eigenvalue weighted by Gasteiger charge is -2.38. The summed E-state index contributed by atoms with van der Waals surface area (Å²) in [6.45, 7) is 8.86. The molecule has 0 atom stereocenters. The van der Waals surface area contributed by atoms with Crippen molar-refractivity contribution in [2.45, 2.75) is 63.7 Å². The smallest absolute Gasteiger partial charge is 0.311 e. The van der Waals surface area contributed by atoms with Gasteiger partial charge in [-0.2, -0.15) is 5.10 Å². The molecular formula is C24H28N2O2S. The van der Waals surface area contributed by atoms with E-state index in [2.05, 4.69) is 54.9 Å². The third-order valence-electron chi connectivity index (χ3n) is 5.77. The molecule has 1 aromatic heterocycles. The zero-order valence-electron chi connectivity index (χ0n) is 17.7. The first-order chi connectivity index (χ1) is 14.0. The second kappa shape index (κ2) is 9.45. The minimum atomic E-state index is -0.293. The predicted octanol–water partition coefficient (Wildman–Crippen LogP) is 4.84. The minimum absolute atomic E-state index is 0.131. The van der Waals surface area contributed by atoms with Crippen molar-refractivity contribution in [3.63, 3.8) is 0 Å². The lowest BCUT2D eigenvalue weighted by atomic mass is 9.73. The topological polar surface area (TPSA) is 52.1 Å². The van der Waals surface area contributed by atoms with Crippen molar-refractivity contribution >= 4 is 17.7 Å². The second-order valence-corrected chi connectivity index (χ2v) is 8.53. The number of thioether (sulfide) groups is 1. The van der Waals surface area contributed by atoms with Gasteiger partial charge in [0.25, 0.3) is 0 Å². The summed E-state index contributed by atoms with van der Waals surface area (Å²) in [4.78, 5) is 13.0. The van der Waals surface area contributed by atoms with E-state index in [4.69, 9.17) is 4.74 Å². The highest BCUT2D eigenvalue weighted by atomic mass is 32.2. The number of hydrogen-bond donors (Lipinski definition) is 0. The lowest BCUT2D eigenvalue weighted by Crippen LogP contribution is -2.29. The quantitative estimate of drug-likeness (QED) is 0.523. The van der Waals surface area contributed by atoms with Gasteiger partial charge in [0, 0.05) is 10.5 Å². The van der Waals surface area contributed by atoms with Crippen LogP contribution in [-0.4, -0.2) is 28.5 Å². The number of carbonyl (C=O) groups excluding carboxylic acids is 1. The van der Waals surface area contributed by atoms with Gasteiger partial charge in [-0.3, -0.25) is 4.79 Å². The molecule has 0 aliphatic carbocycles. The van der Waals surface area contributed by atoms with Crippen molar-refractivity contribution < 1.29 is 9.53 Å². The summed E-state index contributed by atoms with van der Waals surface area (Å²) in [7, 11) is 0. The number of aryl methyl sites for hydroxylation is 1. The summed E-state index contributed by atoms with van der Waals surface area (Å²) in [5.74, 6) is 7.32. The Kier molecular flexibility index (Phi) is 6.97. The highest BCUT2D eigenvalue weighted by molar-refractivity contribution is 7.99. The fraction of sp³-hybridized carbons (Fsp3) is 0.458. The zero-order valence-corrected chi connectivity index (χ0v) is 18.5. The molecule has 1 aliphatic heterocycles. The van der Waals surface area contributed by atoms with Crippen LogP contribution >= 0.6 is 11.8 Å². The van der Waals surface area contributed by atoms with Gasteiger partial charge in [0.1, 0.15) is 5.69 Å². The molecule has 1 aromatic carbocycles. The minimum Gasteiger partial charge on any atom is -0.466 e. The van der Waals surface area contributed by atoms with Gasteiger partial charge in [0.15, 0.2) is 0 Å². The van der Waals surface area contributed by atoms with Crippen LogP contribution in [0.3, 0.4) is 0 Å². The number of hydrogen-bond acceptors (Lipinski definition) is 5. The van der Waals surface area contributed by atoms with Crippen molar-refractivity contribution in [3.05, 3.63) is 52.3 Å². The summed E-state index contributed by atoms with van der Waals surface area (Å²) in [5.41, 5.74) is 5.14. The SMILES string of the molecule is CCOC(=O)Cc1ccc(C#Cc2cc3c(cc2C)SCCC3(CC)CC)nn1. The highest BCUT2D eigenvalue weighted by Gasteiger charge is 2.34. The first kappa shape index (κ1) is 21.4. The van der Waals surface area contributed by atoms with Gasteiger partial charge in [-0.05, 0) is 85.6 Å². The van der Waals surface area contributed by atoms with Crippen LogP contribution in [0.1, 0.15) is 68.1 Å². The first-order valence-corrected chi connectivity index (χ1v) is 11.3. The molecule has 0 fully saturated rings. The normalized spacial score (nSPS) is 14.5. The Morgan fingerprint density at radius 2 is 1.97 bits per heavy atom. The van der Waals surface area contributed by atoms with Gasteiger partial charge < -0.3 is 4.74 Å². The summed E-state index contributed by atoms with van der Waals surface area (Å²) in [6, 6.07) is 8.17. The Morgan fingerprint density at radius 1 is 1.17 bits per heavy atom. The summed E-state index contributed by atoms with van der Waals surface area (Å²) in [6.07, 6.45) is 3.66. The third-order valence-corrected chi connectivity index (χ3v) is 6.82. The molecule has 1 aliphatic rings. The van der Waals surface area contributed by atoms with Gasteiger partial charge in [-0.15, -0.1) is 16.9 Å². The number of ether oxygens (including phenoxy) is 1. The van der Waals surface area contributed by atoms with Crippen LogP contribution in [-0.2, 0) is 21.4 Å². The number of rotatable bonds is 5. The largest absolute Gasteiger partial charge is 0.466 e. The predicted molar refractivity (Wildman–Crippen MR) is 117 cm³/mol. The van der Waals surface area contributed by atoms with Crippen LogP contribution in [0.4, 0.5) is 0 Å². The van der Waals surface area contributed by atoms with E-state index in [9.17, 15) is 4.79 Å². The van der Waals surface area contributed by atoms with Crippen molar-refractivity contribution in [3.8, 4) is 11.8 Å². The number of esters is 1. The molecule has 0 amide bonds. The van der Waals surface area contributed by atoms with Crippen molar-refractivity contribution in [1.29, 1.82) is 0 Å². The van der Waals surface area contributed by atoms with Crippen molar-refractivity contribution in [2.75, 3.05) is 12.4 Å². The molecule has 0 bridgehead atoms. The summed E-state index contributed by atoms with van der Waals surface area (Å²) < 4.78 is 4.94. The maximum Gasteiger partial charge on any atom is 0.311 e. The average Bonchev–Trinajstić information content (AvgIpc) is 2.73. The lowest BCUT2D eigenvalue weighted by molar-refractivity contribution is -0.142. The Hall–Kier alpha value is -2.32. The van der Waals surface area contributed by atoms with Gasteiger partial charge in [0.2, 0.25) is 0 Å². The Labute approximate surface area is 177 Å². The number of carbonyl (C=O) groups is 1. The molecule has 0 spiro atoms. The molecule has 0 saturated carbocycles. The number of nitrogens with zero attached hydrogens (tertiary/aromatic N) is 2. The van der Waals surface area contributed by atoms with Crippen LogP contribution in [0.15, 0.2) is 29.2 Å². The van der Waals surface area contributed by atoms with E-state index in [1.165, 1.54) is 28.2 Å². The first-order valence-electron chi connectivity index (χ1n) is 10.3. The van der Waals surface area contributed by atoms with Crippen LogP contribution in [0.5, 0.6) is 0 Å². The molecule has 3 rings (SSSR count). The van der Waals surface area contributed by atoms with E-state index >= 15 is 0 Å². The zero-order chi connectivity index (χ0) is 20.9. The summed E-state index contributed by atoms with van der Waals surface area (Å²) >= 11 is 1.96. The Morgan fingerprint density at radius 3 is 2.62 bits per heavy atom. The van der Waals surface area contributed by atoms with Gasteiger partial charge in [0.05, 0.1) is 18.7 Å². The molecule has 152 valence electrons. The van der Waals surface area contributed by atoms with E-state index in [0.717, 1.165) is 18.4 Å². The van der Waals surface area contributed by atoms with E-state index in [0.29, 0.717) is 18.0 Å². The van der Waals surface area contributed by atoms with Gasteiger partial charge in [-0.25, -0.2) is 0 Å². The van der Waals surface area contributed by atoms with E-state index in [1.807, 2.05) is 11.8 Å². The maximum absolute atomic E-state index is 11.5. The third kappa shape index (κ3) is 4.82. The average molecular weight is 409 g/mol. The molecule has 2 aromatic rings. The van der Waals surface area contributed by atoms with Crippen LogP contribution in [0.25, 0.3) is 0 Å². The van der Waals surface area contributed by atoms with E-state index in [1.54, 1.807) is 19.1 Å². The summed E-state index contributed by atoms with van der Waals surface area (Å²) in [5, 5.41) is 8.25. The van der Waals surface area contributed by atoms with Crippen LogP contribution < -0.4 is 0 Å². The highest BCUT2D eigenvalue weighted by Crippen LogP contribution is 2.46. The molecule has 0 radical (unpaired) electrons. The van der Waals surface area contributed by atoms with Gasteiger partial charge in [-0.1, -0.05) is 19.8 Å². The Bertz CT molecular complexity index is 938. The maximum atomic E-state index is 11.5. The molecular weight excluding hydrogens is 380 g/mol. The Balaban J connectivity index is 1.85. The molecule has 29 heavy (non-hydrogen) atoms. The van der Waals surface area contributed by atoms with E-state index in [-0.39, 0.29) is 17.8 Å². The number of fused-ring (bicyclic) bond motifs is 1. The standard InChI is InChI=1S/C24H28N2O2S/c1-5-24(6-2)12-13-29-22-14-17(4)18(15-21(22)24)8-9-19-10-11-20(26-25-19)16-23(27)28-7-3/h10-11,14-15H,5-7,12-13,16H2,1-4H3. The molecule has 5 heteroatoms.